The Hall–Kier alpha value is -2.54. The van der Waals surface area contributed by atoms with Crippen LogP contribution < -0.4 is 4.74 Å². The SMILES string of the molecule is C=C1C(C(C)(C)C)=CC(c2ccc(OCc3ccccc3)cc2)C=C1C(C)(C)C. The Bertz CT molecular complexity index is 879. The van der Waals surface area contributed by atoms with Crippen LogP contribution in [0.3, 0.4) is 0 Å². The summed E-state index contributed by atoms with van der Waals surface area (Å²) in [6.07, 6.45) is 4.77. The molecule has 1 nitrogen and oxygen atoms in total. The van der Waals surface area contributed by atoms with Crippen molar-refractivity contribution in [2.45, 2.75) is 54.1 Å². The number of allylic oxidation sites excluding steroid dienone is 5. The van der Waals surface area contributed by atoms with Gasteiger partial charge in [0.25, 0.3) is 0 Å². The minimum atomic E-state index is 0.0683. The number of ether oxygens (including phenoxy) is 1. The van der Waals surface area contributed by atoms with Gasteiger partial charge in [0.15, 0.2) is 0 Å². The van der Waals surface area contributed by atoms with Crippen molar-refractivity contribution in [1.29, 1.82) is 0 Å². The van der Waals surface area contributed by atoms with Gasteiger partial charge in [0.2, 0.25) is 0 Å². The second kappa shape index (κ2) is 8.06. The fraction of sp³-hybridized carbons (Fsp3) is 0.357. The first kappa shape index (κ1) is 21.2. The summed E-state index contributed by atoms with van der Waals surface area (Å²) in [7, 11) is 0. The zero-order valence-electron chi connectivity index (χ0n) is 18.8. The Labute approximate surface area is 176 Å². The van der Waals surface area contributed by atoms with Crippen LogP contribution in [0, 0.1) is 10.8 Å². The summed E-state index contributed by atoms with van der Waals surface area (Å²) in [5.74, 6) is 1.16. The van der Waals surface area contributed by atoms with Crippen molar-refractivity contribution in [3.05, 3.63) is 101 Å². The molecule has 0 unspecified atom stereocenters. The molecule has 0 radical (unpaired) electrons. The molecule has 0 fully saturated rings. The fourth-order valence-electron chi connectivity index (χ4n) is 3.88. The maximum absolute atomic E-state index is 5.96. The molecule has 152 valence electrons. The zero-order chi connectivity index (χ0) is 21.2. The van der Waals surface area contributed by atoms with E-state index in [4.69, 9.17) is 4.74 Å². The largest absolute Gasteiger partial charge is 0.489 e. The van der Waals surface area contributed by atoms with Gasteiger partial charge in [-0.2, -0.15) is 0 Å². The average molecular weight is 387 g/mol. The highest BCUT2D eigenvalue weighted by molar-refractivity contribution is 5.56. The Morgan fingerprint density at radius 1 is 0.759 bits per heavy atom. The molecule has 0 aliphatic heterocycles. The van der Waals surface area contributed by atoms with Gasteiger partial charge in [0.05, 0.1) is 0 Å². The van der Waals surface area contributed by atoms with Gasteiger partial charge in [0, 0.05) is 5.92 Å². The molecule has 3 rings (SSSR count). The summed E-state index contributed by atoms with van der Waals surface area (Å²) in [6.45, 7) is 18.7. The number of benzene rings is 2. The first-order chi connectivity index (χ1) is 13.6. The minimum Gasteiger partial charge on any atom is -0.489 e. The van der Waals surface area contributed by atoms with Gasteiger partial charge < -0.3 is 4.74 Å². The molecule has 2 aromatic rings. The lowest BCUT2D eigenvalue weighted by atomic mass is 9.68. The quantitative estimate of drug-likeness (QED) is 0.519. The lowest BCUT2D eigenvalue weighted by Gasteiger charge is -2.36. The highest BCUT2D eigenvalue weighted by Gasteiger charge is 2.31. The molecule has 0 N–H and O–H groups in total. The summed E-state index contributed by atoms with van der Waals surface area (Å²) in [6, 6.07) is 18.8. The lowest BCUT2D eigenvalue weighted by molar-refractivity contribution is 0.306. The van der Waals surface area contributed by atoms with Crippen molar-refractivity contribution in [3.8, 4) is 5.75 Å². The second-order valence-corrected chi connectivity index (χ2v) is 10.0. The van der Waals surface area contributed by atoms with Crippen molar-refractivity contribution in [2.24, 2.45) is 10.8 Å². The van der Waals surface area contributed by atoms with Crippen molar-refractivity contribution < 1.29 is 4.74 Å². The number of rotatable bonds is 4. The average Bonchev–Trinajstić information content (AvgIpc) is 2.66. The summed E-state index contributed by atoms with van der Waals surface area (Å²) >= 11 is 0. The molecule has 0 atom stereocenters. The van der Waals surface area contributed by atoms with Crippen molar-refractivity contribution >= 4 is 0 Å². The summed E-state index contributed by atoms with van der Waals surface area (Å²) in [5.41, 5.74) is 6.48. The molecule has 29 heavy (non-hydrogen) atoms. The van der Waals surface area contributed by atoms with E-state index in [9.17, 15) is 0 Å². The third-order valence-corrected chi connectivity index (χ3v) is 5.47. The third-order valence-electron chi connectivity index (χ3n) is 5.47. The van der Waals surface area contributed by atoms with Crippen LogP contribution in [0.4, 0.5) is 0 Å². The Balaban J connectivity index is 1.84. The highest BCUT2D eigenvalue weighted by atomic mass is 16.5. The van der Waals surface area contributed by atoms with Crippen LogP contribution >= 0.6 is 0 Å². The van der Waals surface area contributed by atoms with E-state index >= 15 is 0 Å². The smallest absolute Gasteiger partial charge is 0.119 e. The first-order valence-electron chi connectivity index (χ1n) is 10.5. The molecule has 0 spiro atoms. The Kier molecular flexibility index (Phi) is 5.89. The predicted molar refractivity (Wildman–Crippen MR) is 124 cm³/mol. The maximum atomic E-state index is 5.96. The van der Waals surface area contributed by atoms with Crippen LogP contribution in [0.1, 0.15) is 58.6 Å². The van der Waals surface area contributed by atoms with E-state index in [0.29, 0.717) is 6.61 Å². The maximum Gasteiger partial charge on any atom is 0.119 e. The van der Waals surface area contributed by atoms with Crippen molar-refractivity contribution in [1.82, 2.24) is 0 Å². The zero-order valence-corrected chi connectivity index (χ0v) is 18.8. The van der Waals surface area contributed by atoms with Gasteiger partial charge in [-0.25, -0.2) is 0 Å². The van der Waals surface area contributed by atoms with E-state index < -0.39 is 0 Å². The standard InChI is InChI=1S/C28H34O/c1-20-25(27(2,3)4)17-23(18-26(20)28(5,6)7)22-13-15-24(16-14-22)29-19-21-11-9-8-10-12-21/h8-18,23H,1,19H2,2-7H3. The Morgan fingerprint density at radius 2 is 1.28 bits per heavy atom. The van der Waals surface area contributed by atoms with E-state index in [1.807, 2.05) is 18.2 Å². The van der Waals surface area contributed by atoms with Gasteiger partial charge in [0.1, 0.15) is 12.4 Å². The molecule has 0 bridgehead atoms. The van der Waals surface area contributed by atoms with Gasteiger partial charge >= 0.3 is 0 Å². The van der Waals surface area contributed by atoms with E-state index in [1.54, 1.807) is 0 Å². The van der Waals surface area contributed by atoms with Gasteiger partial charge in [-0.1, -0.05) is 103 Å². The predicted octanol–water partition coefficient (Wildman–Crippen LogP) is 7.86. The molecule has 1 heteroatoms. The number of hydrogen-bond donors (Lipinski definition) is 0. The molecule has 0 aromatic heterocycles. The number of hydrogen-bond acceptors (Lipinski definition) is 1. The van der Waals surface area contributed by atoms with Gasteiger partial charge in [-0.15, -0.1) is 0 Å². The molecular weight excluding hydrogens is 352 g/mol. The molecule has 1 aliphatic carbocycles. The van der Waals surface area contributed by atoms with Crippen molar-refractivity contribution in [2.75, 3.05) is 0 Å². The third kappa shape index (κ3) is 5.09. The second-order valence-electron chi connectivity index (χ2n) is 10.0. The van der Waals surface area contributed by atoms with Crippen LogP contribution in [0.2, 0.25) is 0 Å². The fourth-order valence-corrected chi connectivity index (χ4v) is 3.88. The topological polar surface area (TPSA) is 9.23 Å². The monoisotopic (exact) mass is 386 g/mol. The van der Waals surface area contributed by atoms with E-state index in [0.717, 1.165) is 5.75 Å². The molecule has 2 aromatic carbocycles. The van der Waals surface area contributed by atoms with E-state index in [2.05, 4.69) is 96.7 Å². The van der Waals surface area contributed by atoms with Crippen LogP contribution in [0.15, 0.2) is 90.0 Å². The summed E-state index contributed by atoms with van der Waals surface area (Å²) < 4.78 is 5.96. The van der Waals surface area contributed by atoms with Crippen LogP contribution in [-0.2, 0) is 6.61 Å². The normalized spacial score (nSPS) is 15.7. The van der Waals surface area contributed by atoms with Crippen LogP contribution in [-0.4, -0.2) is 0 Å². The Morgan fingerprint density at radius 3 is 1.76 bits per heavy atom. The first-order valence-corrected chi connectivity index (χ1v) is 10.5. The molecule has 0 amide bonds. The summed E-state index contributed by atoms with van der Waals surface area (Å²) in [5, 5.41) is 0. The minimum absolute atomic E-state index is 0.0683. The highest BCUT2D eigenvalue weighted by Crippen LogP contribution is 2.46. The molecule has 0 saturated carbocycles. The molecule has 1 aliphatic rings. The molecule has 0 saturated heterocycles. The van der Waals surface area contributed by atoms with Gasteiger partial charge in [-0.05, 0) is 50.8 Å². The molecule has 0 heterocycles. The summed E-state index contributed by atoms with van der Waals surface area (Å²) in [4.78, 5) is 0. The van der Waals surface area contributed by atoms with Crippen LogP contribution in [0.25, 0.3) is 0 Å². The van der Waals surface area contributed by atoms with Gasteiger partial charge in [-0.3, -0.25) is 0 Å². The molecular formula is C28H34O. The van der Waals surface area contributed by atoms with Crippen molar-refractivity contribution in [3.63, 3.8) is 0 Å². The van der Waals surface area contributed by atoms with E-state index in [-0.39, 0.29) is 16.7 Å². The van der Waals surface area contributed by atoms with E-state index in [1.165, 1.54) is 27.8 Å². The van der Waals surface area contributed by atoms with Crippen LogP contribution in [0.5, 0.6) is 5.75 Å². The lowest BCUT2D eigenvalue weighted by Crippen LogP contribution is -2.22.